The number of carboxylic acid groups (broad SMARTS) is 1. The molecule has 0 saturated carbocycles. The van der Waals surface area contributed by atoms with Gasteiger partial charge in [-0.25, -0.2) is 5.53 Å². The number of carbonyl (C=O) groups is 2. The van der Waals surface area contributed by atoms with E-state index in [-0.39, 0.29) is 30.8 Å². The van der Waals surface area contributed by atoms with Crippen LogP contribution >= 0.6 is 0 Å². The van der Waals surface area contributed by atoms with Gasteiger partial charge in [-0.3, -0.25) is 9.59 Å². The highest BCUT2D eigenvalue weighted by molar-refractivity contribution is 5.97. The molecule has 38 heavy (non-hydrogen) atoms. The second-order valence-corrected chi connectivity index (χ2v) is 9.62. The summed E-state index contributed by atoms with van der Waals surface area (Å²) < 4.78 is 17.7. The largest absolute Gasteiger partial charge is 0.494 e. The Labute approximate surface area is 225 Å². The fraction of sp³-hybridized carbons (Fsp3) is 0.517. The Morgan fingerprint density at radius 2 is 1.61 bits per heavy atom. The summed E-state index contributed by atoms with van der Waals surface area (Å²) in [5.74, 6) is 0.0917. The predicted molar refractivity (Wildman–Crippen MR) is 145 cm³/mol. The van der Waals surface area contributed by atoms with Crippen LogP contribution in [0.3, 0.4) is 0 Å². The van der Waals surface area contributed by atoms with E-state index < -0.39 is 12.3 Å². The topological polar surface area (TPSA) is 122 Å². The average molecular weight is 528 g/mol. The van der Waals surface area contributed by atoms with Crippen LogP contribution in [-0.2, 0) is 16.1 Å². The lowest BCUT2D eigenvalue weighted by Gasteiger charge is -2.31. The van der Waals surface area contributed by atoms with Crippen LogP contribution in [0.4, 0.5) is 0 Å². The van der Waals surface area contributed by atoms with Gasteiger partial charge in [0, 0.05) is 18.5 Å². The van der Waals surface area contributed by atoms with E-state index in [0.717, 1.165) is 30.6 Å². The second kappa shape index (κ2) is 16.4. The molecular weight excluding hydrogens is 486 g/mol. The lowest BCUT2D eigenvalue weighted by atomic mass is 10.1. The number of benzene rings is 2. The number of unbranched alkanes of at least 4 members (excludes halogenated alkanes) is 2. The molecule has 2 aromatic carbocycles. The van der Waals surface area contributed by atoms with Crippen LogP contribution in [0.2, 0.25) is 0 Å². The minimum atomic E-state index is -0.934. The summed E-state index contributed by atoms with van der Waals surface area (Å²) in [6, 6.07) is 14.6. The number of ether oxygens (including phenoxy) is 3. The molecule has 0 fully saturated rings. The van der Waals surface area contributed by atoms with Crippen molar-refractivity contribution in [2.24, 2.45) is 5.11 Å². The predicted octanol–water partition coefficient (Wildman–Crippen LogP) is 6.31. The molecule has 1 amide bonds. The number of nitrogens with one attached hydrogen (secondary N) is 1. The standard InChI is InChI=1S/C29H41N3O6/c1-21(2)32(22(3)4)29(35)25-10-6-7-11-26(25)38-28(17-16-27(33)34)37-19-9-5-8-18-36-24-14-12-23(13-15-24)20-31-30/h6-7,10-15,21-22,28,30H,5,8-9,16-20H2,1-4H3,(H,33,34). The zero-order valence-corrected chi connectivity index (χ0v) is 22.9. The molecular formula is C29H41N3O6. The number of carbonyl (C=O) groups excluding carboxylic acids is 1. The van der Waals surface area contributed by atoms with Crippen molar-refractivity contribution in [2.45, 2.75) is 84.7 Å². The number of carboxylic acids is 1. The molecule has 0 bridgehead atoms. The molecule has 9 nitrogen and oxygen atoms in total. The maximum absolute atomic E-state index is 13.3. The molecule has 0 saturated heterocycles. The molecule has 9 heteroatoms. The van der Waals surface area contributed by atoms with Crippen LogP contribution in [0.25, 0.3) is 0 Å². The normalized spacial score (nSPS) is 11.8. The van der Waals surface area contributed by atoms with Crippen molar-refractivity contribution in [1.29, 1.82) is 5.53 Å². The second-order valence-electron chi connectivity index (χ2n) is 9.62. The highest BCUT2D eigenvalue weighted by Gasteiger charge is 2.25. The molecule has 208 valence electrons. The number of para-hydroxylation sites is 1. The van der Waals surface area contributed by atoms with Crippen molar-refractivity contribution in [2.75, 3.05) is 13.2 Å². The first-order valence-corrected chi connectivity index (χ1v) is 13.2. The van der Waals surface area contributed by atoms with Crippen molar-refractivity contribution in [1.82, 2.24) is 4.90 Å². The molecule has 0 radical (unpaired) electrons. The highest BCUT2D eigenvalue weighted by atomic mass is 16.7. The Morgan fingerprint density at radius 1 is 0.947 bits per heavy atom. The van der Waals surface area contributed by atoms with E-state index in [1.807, 2.05) is 52.0 Å². The number of nitrogens with zero attached hydrogens (tertiary/aromatic N) is 2. The van der Waals surface area contributed by atoms with Crippen molar-refractivity contribution in [3.05, 3.63) is 59.7 Å². The van der Waals surface area contributed by atoms with Gasteiger partial charge in [0.2, 0.25) is 0 Å². The Hall–Kier alpha value is -3.46. The third-order valence-electron chi connectivity index (χ3n) is 5.86. The molecule has 2 rings (SSSR count). The van der Waals surface area contributed by atoms with Gasteiger partial charge >= 0.3 is 5.97 Å². The minimum Gasteiger partial charge on any atom is -0.494 e. The van der Waals surface area contributed by atoms with Crippen LogP contribution in [0.1, 0.15) is 75.7 Å². The molecule has 1 atom stereocenters. The maximum Gasteiger partial charge on any atom is 0.303 e. The van der Waals surface area contributed by atoms with Gasteiger partial charge in [-0.15, -0.1) is 0 Å². The van der Waals surface area contributed by atoms with E-state index in [1.165, 1.54) is 0 Å². The fourth-order valence-electron chi connectivity index (χ4n) is 4.08. The molecule has 0 spiro atoms. The Balaban J connectivity index is 1.88. The summed E-state index contributed by atoms with van der Waals surface area (Å²) in [5.41, 5.74) is 8.31. The number of hydrogen-bond acceptors (Lipinski definition) is 7. The van der Waals surface area contributed by atoms with E-state index in [9.17, 15) is 14.7 Å². The molecule has 0 aliphatic rings. The quantitative estimate of drug-likeness (QED) is 0.133. The van der Waals surface area contributed by atoms with E-state index >= 15 is 0 Å². The van der Waals surface area contributed by atoms with Crippen molar-refractivity contribution in [3.8, 4) is 11.5 Å². The van der Waals surface area contributed by atoms with Gasteiger partial charge in [0.25, 0.3) is 5.91 Å². The zero-order chi connectivity index (χ0) is 27.9. The molecule has 0 aromatic heterocycles. The number of rotatable bonds is 18. The van der Waals surface area contributed by atoms with Gasteiger partial charge in [0.15, 0.2) is 6.29 Å². The van der Waals surface area contributed by atoms with Crippen LogP contribution < -0.4 is 9.47 Å². The summed E-state index contributed by atoms with van der Waals surface area (Å²) in [5, 5.41) is 12.5. The van der Waals surface area contributed by atoms with Crippen LogP contribution in [0.15, 0.2) is 53.6 Å². The summed E-state index contributed by atoms with van der Waals surface area (Å²) in [4.78, 5) is 26.3. The van der Waals surface area contributed by atoms with Crippen LogP contribution in [-0.4, -0.2) is 53.5 Å². The van der Waals surface area contributed by atoms with Gasteiger partial charge in [0.05, 0.1) is 31.7 Å². The number of hydrogen-bond donors (Lipinski definition) is 2. The average Bonchev–Trinajstić information content (AvgIpc) is 2.87. The molecule has 0 aliphatic heterocycles. The van der Waals surface area contributed by atoms with Gasteiger partial charge in [-0.1, -0.05) is 24.3 Å². The molecule has 2 N–H and O–H groups in total. The third kappa shape index (κ3) is 10.5. The Kier molecular flexibility index (Phi) is 13.3. The SMILES string of the molecule is CC(C)N(C(=O)c1ccccc1OC(CCC(=O)O)OCCCCCOc1ccc(CN=N)cc1)C(C)C. The molecule has 0 aliphatic carbocycles. The molecule has 2 aromatic rings. The number of aliphatic carboxylic acids is 1. The van der Waals surface area contributed by atoms with Gasteiger partial charge in [-0.2, -0.15) is 5.11 Å². The smallest absolute Gasteiger partial charge is 0.303 e. The monoisotopic (exact) mass is 527 g/mol. The van der Waals surface area contributed by atoms with Crippen LogP contribution in [0.5, 0.6) is 11.5 Å². The highest BCUT2D eigenvalue weighted by Crippen LogP contribution is 2.25. The van der Waals surface area contributed by atoms with Crippen molar-refractivity contribution in [3.63, 3.8) is 0 Å². The van der Waals surface area contributed by atoms with E-state index in [0.29, 0.717) is 31.1 Å². The molecule has 0 heterocycles. The zero-order valence-electron chi connectivity index (χ0n) is 22.9. The summed E-state index contributed by atoms with van der Waals surface area (Å²) in [6.45, 7) is 9.22. The van der Waals surface area contributed by atoms with E-state index in [4.69, 9.17) is 19.7 Å². The van der Waals surface area contributed by atoms with E-state index in [2.05, 4.69) is 5.11 Å². The summed E-state index contributed by atoms with van der Waals surface area (Å²) in [6.07, 6.45) is 1.75. The first-order chi connectivity index (χ1) is 18.2. The van der Waals surface area contributed by atoms with Gasteiger partial charge in [0.1, 0.15) is 11.5 Å². The lowest BCUT2D eigenvalue weighted by Crippen LogP contribution is -2.42. The Morgan fingerprint density at radius 3 is 2.24 bits per heavy atom. The third-order valence-corrected chi connectivity index (χ3v) is 5.86. The van der Waals surface area contributed by atoms with E-state index in [1.54, 1.807) is 29.2 Å². The van der Waals surface area contributed by atoms with Crippen molar-refractivity contribution < 1.29 is 28.9 Å². The van der Waals surface area contributed by atoms with Gasteiger partial charge < -0.3 is 24.2 Å². The number of amides is 1. The summed E-state index contributed by atoms with van der Waals surface area (Å²) >= 11 is 0. The first-order valence-electron chi connectivity index (χ1n) is 13.2. The van der Waals surface area contributed by atoms with Gasteiger partial charge in [-0.05, 0) is 76.8 Å². The fourth-order valence-corrected chi connectivity index (χ4v) is 4.08. The van der Waals surface area contributed by atoms with Crippen LogP contribution in [0, 0.1) is 5.53 Å². The lowest BCUT2D eigenvalue weighted by molar-refractivity contribution is -0.140. The first kappa shape index (κ1) is 30.8. The maximum atomic E-state index is 13.3. The molecule has 1 unspecified atom stereocenters. The Bertz CT molecular complexity index is 1000. The minimum absolute atomic E-state index is 0.0163. The van der Waals surface area contributed by atoms with Crippen molar-refractivity contribution >= 4 is 11.9 Å². The summed E-state index contributed by atoms with van der Waals surface area (Å²) in [7, 11) is 0.